The smallest absolute Gasteiger partial charge is 0.242 e. The lowest BCUT2D eigenvalue weighted by Crippen LogP contribution is -2.50. The van der Waals surface area contributed by atoms with Gasteiger partial charge in [-0.2, -0.15) is 0 Å². The molecule has 9 nitrogen and oxygen atoms in total. The number of amides is 2. The summed E-state index contributed by atoms with van der Waals surface area (Å²) in [5, 5.41) is 2.71. The number of likely N-dealkylation sites (N-methyl/N-ethyl adjacent to an activating group) is 1. The van der Waals surface area contributed by atoms with Crippen molar-refractivity contribution >= 4 is 27.5 Å². The van der Waals surface area contributed by atoms with Crippen LogP contribution >= 0.6 is 0 Å². The van der Waals surface area contributed by atoms with Crippen LogP contribution < -0.4 is 19.1 Å². The first-order valence-corrected chi connectivity index (χ1v) is 15.0. The Kier molecular flexibility index (Phi) is 9.31. The molecule has 1 unspecified atom stereocenters. The zero-order valence-corrected chi connectivity index (χ0v) is 23.8. The summed E-state index contributed by atoms with van der Waals surface area (Å²) in [4.78, 5) is 28.5. The zero-order chi connectivity index (χ0) is 28.7. The molecule has 1 atom stereocenters. The lowest BCUT2D eigenvalue weighted by atomic mass is 10.0. The molecule has 2 amide bonds. The van der Waals surface area contributed by atoms with Crippen molar-refractivity contribution in [3.8, 4) is 11.5 Å². The molecule has 212 valence electrons. The third-order valence-corrected chi connectivity index (χ3v) is 8.11. The lowest BCUT2D eigenvalue weighted by Gasteiger charge is -2.32. The Morgan fingerprint density at radius 2 is 1.68 bits per heavy atom. The van der Waals surface area contributed by atoms with Crippen LogP contribution in [0.4, 0.5) is 5.69 Å². The molecule has 40 heavy (non-hydrogen) atoms. The van der Waals surface area contributed by atoms with E-state index in [9.17, 15) is 18.0 Å². The van der Waals surface area contributed by atoms with E-state index < -0.39 is 16.1 Å². The van der Waals surface area contributed by atoms with Crippen molar-refractivity contribution in [2.45, 2.75) is 38.8 Å². The Morgan fingerprint density at radius 3 is 2.38 bits per heavy atom. The summed E-state index contributed by atoms with van der Waals surface area (Å²) in [7, 11) is -2.07. The first-order chi connectivity index (χ1) is 19.2. The Hall–Kier alpha value is -4.05. The summed E-state index contributed by atoms with van der Waals surface area (Å²) in [6, 6.07) is 21.5. The molecule has 0 saturated heterocycles. The fourth-order valence-electron chi connectivity index (χ4n) is 4.74. The van der Waals surface area contributed by atoms with Crippen LogP contribution in [-0.4, -0.2) is 57.8 Å². The highest BCUT2D eigenvalue weighted by atomic mass is 32.2. The van der Waals surface area contributed by atoms with Gasteiger partial charge < -0.3 is 19.7 Å². The highest BCUT2D eigenvalue weighted by Gasteiger charge is 2.30. The minimum absolute atomic E-state index is 0.0603. The van der Waals surface area contributed by atoms with Crippen molar-refractivity contribution in [2.24, 2.45) is 0 Å². The lowest BCUT2D eigenvalue weighted by molar-refractivity contribution is -0.141. The van der Waals surface area contributed by atoms with E-state index in [0.717, 1.165) is 22.9 Å². The van der Waals surface area contributed by atoms with Crippen LogP contribution in [0.5, 0.6) is 11.5 Å². The Bertz CT molecular complexity index is 1440. The van der Waals surface area contributed by atoms with Crippen LogP contribution in [0.1, 0.15) is 29.5 Å². The van der Waals surface area contributed by atoms with Gasteiger partial charge in [0, 0.05) is 39.0 Å². The van der Waals surface area contributed by atoms with E-state index in [1.54, 1.807) is 30.1 Å². The molecular weight excluding hydrogens is 530 g/mol. The van der Waals surface area contributed by atoms with Crippen LogP contribution in [0, 0.1) is 6.92 Å². The number of nitrogens with one attached hydrogen (secondary N) is 1. The van der Waals surface area contributed by atoms with E-state index in [-0.39, 0.29) is 44.5 Å². The maximum absolute atomic E-state index is 13.8. The first-order valence-electron chi connectivity index (χ1n) is 13.1. The minimum atomic E-state index is -3.63. The fraction of sp³-hybridized carbons (Fsp3) is 0.333. The van der Waals surface area contributed by atoms with Crippen LogP contribution in [0.3, 0.4) is 0 Å². The maximum Gasteiger partial charge on any atom is 0.242 e. The van der Waals surface area contributed by atoms with E-state index in [1.165, 1.54) is 4.31 Å². The molecule has 4 rings (SSSR count). The van der Waals surface area contributed by atoms with Gasteiger partial charge in [0.05, 0.1) is 11.9 Å². The van der Waals surface area contributed by atoms with Gasteiger partial charge in [-0.1, -0.05) is 54.6 Å². The zero-order valence-electron chi connectivity index (χ0n) is 23.0. The number of ether oxygens (including phenoxy) is 2. The summed E-state index contributed by atoms with van der Waals surface area (Å²) in [6.45, 7) is 2.40. The first kappa shape index (κ1) is 28.9. The molecule has 0 radical (unpaired) electrons. The Labute approximate surface area is 235 Å². The summed E-state index contributed by atoms with van der Waals surface area (Å²) in [5.74, 6) is 0.537. The van der Waals surface area contributed by atoms with Crippen LogP contribution in [-0.2, 0) is 32.6 Å². The number of hydrogen-bond donors (Lipinski definition) is 1. The number of sulfonamides is 1. The molecule has 1 aliphatic heterocycles. The second-order valence-electron chi connectivity index (χ2n) is 9.74. The van der Waals surface area contributed by atoms with Gasteiger partial charge in [-0.3, -0.25) is 13.9 Å². The summed E-state index contributed by atoms with van der Waals surface area (Å²) in [5.41, 5.74) is 3.32. The van der Waals surface area contributed by atoms with E-state index >= 15 is 0 Å². The van der Waals surface area contributed by atoms with Crippen LogP contribution in [0.25, 0.3) is 0 Å². The number of fused-ring (bicyclic) bond motifs is 1. The molecule has 0 spiro atoms. The number of carbonyl (C=O) groups excluding carboxylic acids is 2. The molecular formula is C30H35N3O6S. The van der Waals surface area contributed by atoms with E-state index in [4.69, 9.17) is 9.47 Å². The number of anilines is 1. The largest absolute Gasteiger partial charge is 0.454 e. The highest BCUT2D eigenvalue weighted by Crippen LogP contribution is 2.36. The molecule has 0 aliphatic carbocycles. The molecule has 0 bridgehead atoms. The minimum Gasteiger partial charge on any atom is -0.454 e. The number of hydrogen-bond acceptors (Lipinski definition) is 6. The predicted molar refractivity (Wildman–Crippen MR) is 154 cm³/mol. The quantitative estimate of drug-likeness (QED) is 0.360. The van der Waals surface area contributed by atoms with Crippen molar-refractivity contribution in [1.29, 1.82) is 0 Å². The van der Waals surface area contributed by atoms with Gasteiger partial charge in [-0.05, 0) is 42.2 Å². The molecule has 0 saturated carbocycles. The molecule has 3 aromatic rings. The monoisotopic (exact) mass is 565 g/mol. The van der Waals surface area contributed by atoms with Gasteiger partial charge in [0.15, 0.2) is 11.5 Å². The van der Waals surface area contributed by atoms with Gasteiger partial charge in [-0.25, -0.2) is 8.42 Å². The third kappa shape index (κ3) is 7.12. The van der Waals surface area contributed by atoms with Gasteiger partial charge in [0.1, 0.15) is 6.04 Å². The number of nitrogens with zero attached hydrogens (tertiary/aromatic N) is 2. The Morgan fingerprint density at radius 1 is 0.975 bits per heavy atom. The van der Waals surface area contributed by atoms with Gasteiger partial charge in [-0.15, -0.1) is 0 Å². The van der Waals surface area contributed by atoms with Crippen molar-refractivity contribution in [3.63, 3.8) is 0 Å². The van der Waals surface area contributed by atoms with E-state index in [0.29, 0.717) is 23.6 Å². The molecule has 3 aromatic carbocycles. The second kappa shape index (κ2) is 12.9. The molecule has 1 heterocycles. The second-order valence-corrected chi connectivity index (χ2v) is 11.7. The number of carbonyl (C=O) groups is 2. The third-order valence-electron chi connectivity index (χ3n) is 6.92. The van der Waals surface area contributed by atoms with E-state index in [2.05, 4.69) is 5.32 Å². The standard InChI is InChI=1S/C30H35N3O6S/c1-22-10-7-8-13-24(22)20-32(26(30(35)31-2)18-23-11-5-4-6-12-23)29(34)14-9-17-33(40(3,36)37)25-15-16-27-28(19-25)39-21-38-27/h4-8,10-13,15-16,19,26H,9,14,17-18,20-21H2,1-3H3,(H,31,35). The van der Waals surface area contributed by atoms with Gasteiger partial charge >= 0.3 is 0 Å². The van der Waals surface area contributed by atoms with Crippen molar-refractivity contribution < 1.29 is 27.5 Å². The number of rotatable bonds is 12. The van der Waals surface area contributed by atoms with Crippen molar-refractivity contribution in [3.05, 3.63) is 89.5 Å². The fourth-order valence-corrected chi connectivity index (χ4v) is 5.69. The molecule has 0 aromatic heterocycles. The van der Waals surface area contributed by atoms with Crippen LogP contribution in [0.15, 0.2) is 72.8 Å². The molecule has 1 N–H and O–H groups in total. The average molecular weight is 566 g/mol. The van der Waals surface area contributed by atoms with Crippen LogP contribution in [0.2, 0.25) is 0 Å². The molecule has 0 fully saturated rings. The molecule has 10 heteroatoms. The molecule has 1 aliphatic rings. The summed E-state index contributed by atoms with van der Waals surface area (Å²) < 4.78 is 37.3. The maximum atomic E-state index is 13.8. The predicted octanol–water partition coefficient (Wildman–Crippen LogP) is 3.66. The number of benzene rings is 3. The number of aryl methyl sites for hydroxylation is 1. The van der Waals surface area contributed by atoms with Crippen molar-refractivity contribution in [2.75, 3.05) is 30.9 Å². The topological polar surface area (TPSA) is 105 Å². The van der Waals surface area contributed by atoms with E-state index in [1.807, 2.05) is 61.5 Å². The summed E-state index contributed by atoms with van der Waals surface area (Å²) >= 11 is 0. The van der Waals surface area contributed by atoms with Crippen molar-refractivity contribution in [1.82, 2.24) is 10.2 Å². The Balaban J connectivity index is 1.55. The normalized spacial score (nSPS) is 13.0. The summed E-state index contributed by atoms with van der Waals surface area (Å²) in [6.07, 6.45) is 1.80. The average Bonchev–Trinajstić information content (AvgIpc) is 3.41. The SMILES string of the molecule is CNC(=O)C(Cc1ccccc1)N(Cc1ccccc1C)C(=O)CCCN(c1ccc2c(c1)OCO2)S(C)(=O)=O. The van der Waals surface area contributed by atoms with Gasteiger partial charge in [0.25, 0.3) is 0 Å². The van der Waals surface area contributed by atoms with Gasteiger partial charge in [0.2, 0.25) is 28.6 Å². The highest BCUT2D eigenvalue weighted by molar-refractivity contribution is 7.92.